The Kier molecular flexibility index (Phi) is 7.00. The van der Waals surface area contributed by atoms with Gasteiger partial charge in [-0.15, -0.1) is 12.4 Å². The first kappa shape index (κ1) is 16.4. The molecule has 0 radical (unpaired) electrons. The zero-order chi connectivity index (χ0) is 13.5. The van der Waals surface area contributed by atoms with E-state index in [-0.39, 0.29) is 12.4 Å². The highest BCUT2D eigenvalue weighted by Crippen LogP contribution is 2.21. The number of benzene rings is 1. The Hall–Kier alpha value is -1.63. The van der Waals surface area contributed by atoms with E-state index in [9.17, 15) is 0 Å². The average Bonchev–Trinajstić information content (AvgIpc) is 2.92. The van der Waals surface area contributed by atoms with Crippen LogP contribution in [0.1, 0.15) is 5.89 Å². The summed E-state index contributed by atoms with van der Waals surface area (Å²) in [5.41, 5.74) is 0.867. The minimum absolute atomic E-state index is 0. The van der Waals surface area contributed by atoms with E-state index in [1.165, 1.54) is 0 Å². The summed E-state index contributed by atoms with van der Waals surface area (Å²) >= 11 is 0. The fourth-order valence-electron chi connectivity index (χ4n) is 1.58. The first-order chi connectivity index (χ1) is 9.33. The summed E-state index contributed by atoms with van der Waals surface area (Å²) in [7, 11) is 3.29. The minimum Gasteiger partial charge on any atom is -0.497 e. The second-order valence-corrected chi connectivity index (χ2v) is 3.91. The van der Waals surface area contributed by atoms with Crippen LogP contribution < -0.4 is 10.1 Å². The smallest absolute Gasteiger partial charge is 0.240 e. The van der Waals surface area contributed by atoms with Gasteiger partial charge in [0.1, 0.15) is 5.75 Å². The van der Waals surface area contributed by atoms with Crippen molar-refractivity contribution in [3.63, 3.8) is 0 Å². The fraction of sp³-hybridized carbons (Fsp3) is 0.385. The second kappa shape index (κ2) is 8.52. The van der Waals surface area contributed by atoms with Crippen molar-refractivity contribution in [2.24, 2.45) is 0 Å². The van der Waals surface area contributed by atoms with Crippen LogP contribution >= 0.6 is 12.4 Å². The topological polar surface area (TPSA) is 69.4 Å². The largest absolute Gasteiger partial charge is 0.497 e. The molecule has 0 amide bonds. The highest BCUT2D eigenvalue weighted by molar-refractivity contribution is 5.85. The van der Waals surface area contributed by atoms with E-state index in [4.69, 9.17) is 14.0 Å². The van der Waals surface area contributed by atoms with E-state index in [2.05, 4.69) is 15.5 Å². The zero-order valence-electron chi connectivity index (χ0n) is 11.5. The molecule has 0 atom stereocenters. The lowest BCUT2D eigenvalue weighted by atomic mass is 10.2. The summed E-state index contributed by atoms with van der Waals surface area (Å²) in [6.45, 7) is 1.92. The van der Waals surface area contributed by atoms with Crippen molar-refractivity contribution < 1.29 is 14.0 Å². The van der Waals surface area contributed by atoms with Gasteiger partial charge in [0, 0.05) is 19.2 Å². The van der Waals surface area contributed by atoms with Gasteiger partial charge in [-0.25, -0.2) is 0 Å². The quantitative estimate of drug-likeness (QED) is 0.788. The molecule has 0 bridgehead atoms. The van der Waals surface area contributed by atoms with Gasteiger partial charge in [0.2, 0.25) is 11.7 Å². The maximum absolute atomic E-state index is 5.17. The molecule has 1 N–H and O–H groups in total. The summed E-state index contributed by atoms with van der Waals surface area (Å²) in [5, 5.41) is 7.09. The molecule has 2 rings (SSSR count). The van der Waals surface area contributed by atoms with Gasteiger partial charge in [0.25, 0.3) is 0 Å². The lowest BCUT2D eigenvalue weighted by Gasteiger charge is -2.00. The molecule has 0 aliphatic rings. The molecule has 0 spiro atoms. The molecule has 1 aromatic carbocycles. The molecule has 7 heteroatoms. The van der Waals surface area contributed by atoms with Crippen LogP contribution in [0.15, 0.2) is 28.8 Å². The number of methoxy groups -OCH3 is 2. The van der Waals surface area contributed by atoms with Crippen LogP contribution in [0.3, 0.4) is 0 Å². The number of halogens is 1. The Morgan fingerprint density at radius 2 is 2.15 bits per heavy atom. The predicted molar refractivity (Wildman–Crippen MR) is 77.1 cm³/mol. The van der Waals surface area contributed by atoms with Crippen molar-refractivity contribution in [1.29, 1.82) is 0 Å². The van der Waals surface area contributed by atoms with Crippen molar-refractivity contribution in [2.75, 3.05) is 27.4 Å². The summed E-state index contributed by atoms with van der Waals surface area (Å²) in [6, 6.07) is 7.54. The number of nitrogens with one attached hydrogen (secondary N) is 1. The SMILES string of the molecule is COCCNCc1nc(-c2cccc(OC)c2)no1.Cl. The summed E-state index contributed by atoms with van der Waals surface area (Å²) in [6.07, 6.45) is 0. The van der Waals surface area contributed by atoms with Crippen LogP contribution in [0.25, 0.3) is 11.4 Å². The second-order valence-electron chi connectivity index (χ2n) is 3.91. The molecule has 0 fully saturated rings. The molecular formula is C13H18ClN3O3. The summed E-state index contributed by atoms with van der Waals surface area (Å²) < 4.78 is 15.3. The average molecular weight is 300 g/mol. The molecule has 0 unspecified atom stereocenters. The molecule has 1 heterocycles. The predicted octanol–water partition coefficient (Wildman–Crippen LogP) is 1.90. The van der Waals surface area contributed by atoms with Gasteiger partial charge in [-0.3, -0.25) is 0 Å². The standard InChI is InChI=1S/C13H17N3O3.ClH/c1-17-7-6-14-9-12-15-13(16-19-12)10-4-3-5-11(8-10)18-2;/h3-5,8,14H,6-7,9H2,1-2H3;1H. The molecule has 0 aliphatic heterocycles. The van der Waals surface area contributed by atoms with E-state index in [0.29, 0.717) is 24.9 Å². The van der Waals surface area contributed by atoms with Crippen LogP contribution in [-0.2, 0) is 11.3 Å². The van der Waals surface area contributed by atoms with Crippen LogP contribution in [0.5, 0.6) is 5.75 Å². The summed E-state index contributed by atoms with van der Waals surface area (Å²) in [4.78, 5) is 4.32. The normalized spacial score (nSPS) is 10.1. The zero-order valence-corrected chi connectivity index (χ0v) is 12.3. The Morgan fingerprint density at radius 3 is 2.90 bits per heavy atom. The van der Waals surface area contributed by atoms with Gasteiger partial charge in [-0.2, -0.15) is 4.98 Å². The van der Waals surface area contributed by atoms with E-state index in [0.717, 1.165) is 17.9 Å². The van der Waals surface area contributed by atoms with E-state index < -0.39 is 0 Å². The third-order valence-corrected chi connectivity index (χ3v) is 2.56. The van der Waals surface area contributed by atoms with Gasteiger partial charge in [-0.1, -0.05) is 17.3 Å². The van der Waals surface area contributed by atoms with Crippen LogP contribution in [0.2, 0.25) is 0 Å². The van der Waals surface area contributed by atoms with Crippen LogP contribution in [-0.4, -0.2) is 37.5 Å². The molecule has 110 valence electrons. The lowest BCUT2D eigenvalue weighted by molar-refractivity contribution is 0.197. The number of rotatable bonds is 7. The lowest BCUT2D eigenvalue weighted by Crippen LogP contribution is -2.18. The maximum atomic E-state index is 5.17. The number of aromatic nitrogens is 2. The molecule has 0 aliphatic carbocycles. The molecule has 20 heavy (non-hydrogen) atoms. The van der Waals surface area contributed by atoms with Gasteiger partial charge in [0.15, 0.2) is 0 Å². The van der Waals surface area contributed by atoms with Gasteiger partial charge in [0.05, 0.1) is 20.3 Å². The third-order valence-electron chi connectivity index (χ3n) is 2.56. The molecular weight excluding hydrogens is 282 g/mol. The number of nitrogens with zero attached hydrogens (tertiary/aromatic N) is 2. The summed E-state index contributed by atoms with van der Waals surface area (Å²) in [5.74, 6) is 1.87. The van der Waals surface area contributed by atoms with Crippen molar-refractivity contribution in [3.8, 4) is 17.1 Å². The van der Waals surface area contributed by atoms with Crippen molar-refractivity contribution in [2.45, 2.75) is 6.54 Å². The van der Waals surface area contributed by atoms with Crippen LogP contribution in [0, 0.1) is 0 Å². The molecule has 2 aromatic rings. The maximum Gasteiger partial charge on any atom is 0.240 e. The van der Waals surface area contributed by atoms with E-state index in [1.807, 2.05) is 24.3 Å². The minimum atomic E-state index is 0. The Morgan fingerprint density at radius 1 is 1.30 bits per heavy atom. The van der Waals surface area contributed by atoms with E-state index >= 15 is 0 Å². The fourth-order valence-corrected chi connectivity index (χ4v) is 1.58. The Labute approximate surface area is 123 Å². The first-order valence-electron chi connectivity index (χ1n) is 6.00. The van der Waals surface area contributed by atoms with Crippen molar-refractivity contribution >= 4 is 12.4 Å². The van der Waals surface area contributed by atoms with Crippen molar-refractivity contribution in [1.82, 2.24) is 15.5 Å². The Balaban J connectivity index is 0.00000200. The van der Waals surface area contributed by atoms with Gasteiger partial charge >= 0.3 is 0 Å². The van der Waals surface area contributed by atoms with Gasteiger partial charge < -0.3 is 19.3 Å². The highest BCUT2D eigenvalue weighted by atomic mass is 35.5. The van der Waals surface area contributed by atoms with E-state index in [1.54, 1.807) is 14.2 Å². The monoisotopic (exact) mass is 299 g/mol. The number of hydrogen-bond acceptors (Lipinski definition) is 6. The Bertz CT molecular complexity index is 519. The number of hydrogen-bond donors (Lipinski definition) is 1. The number of ether oxygens (including phenoxy) is 2. The first-order valence-corrected chi connectivity index (χ1v) is 6.00. The van der Waals surface area contributed by atoms with Crippen molar-refractivity contribution in [3.05, 3.63) is 30.2 Å². The van der Waals surface area contributed by atoms with Crippen LogP contribution in [0.4, 0.5) is 0 Å². The van der Waals surface area contributed by atoms with Gasteiger partial charge in [-0.05, 0) is 12.1 Å². The highest BCUT2D eigenvalue weighted by Gasteiger charge is 2.08. The molecule has 1 aromatic heterocycles. The third kappa shape index (κ3) is 4.48. The molecule has 0 saturated heterocycles. The molecule has 6 nitrogen and oxygen atoms in total. The molecule has 0 saturated carbocycles.